The molecule has 1 aliphatic rings. The SMILES string of the molecule is CCOc1ccc(NC(=S)N2CCn3cccc3C2c2ccc(OC)c(OC)c2)cc1. The van der Waals surface area contributed by atoms with E-state index in [0.29, 0.717) is 23.2 Å². The second-order valence-corrected chi connectivity index (χ2v) is 7.61. The van der Waals surface area contributed by atoms with Crippen molar-refractivity contribution in [1.29, 1.82) is 0 Å². The van der Waals surface area contributed by atoms with Gasteiger partial charge in [0.2, 0.25) is 0 Å². The Hall–Kier alpha value is -3.19. The Morgan fingerprint density at radius 3 is 2.52 bits per heavy atom. The fraction of sp³-hybridized carbons (Fsp3) is 0.292. The first kappa shape index (κ1) is 21.1. The monoisotopic (exact) mass is 437 g/mol. The molecule has 162 valence electrons. The molecule has 31 heavy (non-hydrogen) atoms. The van der Waals surface area contributed by atoms with Gasteiger partial charge in [-0.1, -0.05) is 6.07 Å². The molecule has 0 radical (unpaired) electrons. The predicted molar refractivity (Wildman–Crippen MR) is 126 cm³/mol. The van der Waals surface area contributed by atoms with Gasteiger partial charge in [0.25, 0.3) is 0 Å². The van der Waals surface area contributed by atoms with E-state index < -0.39 is 0 Å². The van der Waals surface area contributed by atoms with Gasteiger partial charge < -0.3 is 29.0 Å². The highest BCUT2D eigenvalue weighted by molar-refractivity contribution is 7.80. The maximum atomic E-state index is 5.85. The normalized spacial score (nSPS) is 15.2. The van der Waals surface area contributed by atoms with Crippen LogP contribution in [0.25, 0.3) is 0 Å². The average Bonchev–Trinajstić information content (AvgIpc) is 3.28. The predicted octanol–water partition coefficient (Wildman–Crippen LogP) is 4.71. The summed E-state index contributed by atoms with van der Waals surface area (Å²) in [6.45, 7) is 4.29. The van der Waals surface area contributed by atoms with Gasteiger partial charge in [-0.05, 0) is 73.2 Å². The van der Waals surface area contributed by atoms with Crippen LogP contribution in [0.1, 0.15) is 24.2 Å². The van der Waals surface area contributed by atoms with Crippen molar-refractivity contribution in [3.63, 3.8) is 0 Å². The van der Waals surface area contributed by atoms with E-state index in [1.54, 1.807) is 14.2 Å². The Morgan fingerprint density at radius 2 is 1.81 bits per heavy atom. The Balaban J connectivity index is 1.63. The highest BCUT2D eigenvalue weighted by Gasteiger charge is 2.31. The number of benzene rings is 2. The molecule has 0 amide bonds. The van der Waals surface area contributed by atoms with Crippen molar-refractivity contribution in [2.75, 3.05) is 32.7 Å². The van der Waals surface area contributed by atoms with Crippen LogP contribution in [0.3, 0.4) is 0 Å². The van der Waals surface area contributed by atoms with E-state index in [-0.39, 0.29) is 6.04 Å². The second kappa shape index (κ2) is 9.31. The lowest BCUT2D eigenvalue weighted by atomic mass is 9.99. The molecule has 2 heterocycles. The lowest BCUT2D eigenvalue weighted by Gasteiger charge is -2.39. The number of nitrogens with one attached hydrogen (secondary N) is 1. The molecule has 1 aromatic heterocycles. The van der Waals surface area contributed by atoms with Crippen molar-refractivity contribution in [3.05, 3.63) is 72.1 Å². The summed E-state index contributed by atoms with van der Waals surface area (Å²) in [6, 6.07) is 18.1. The molecule has 1 unspecified atom stereocenters. The molecule has 1 aliphatic heterocycles. The standard InChI is InChI=1S/C24H27N3O3S/c1-4-30-19-10-8-18(9-11-19)25-24(31)27-15-14-26-13-5-6-20(26)23(27)17-7-12-21(28-2)22(16-17)29-3/h5-13,16,23H,4,14-15H2,1-3H3,(H,25,31). The zero-order valence-corrected chi connectivity index (χ0v) is 18.8. The number of methoxy groups -OCH3 is 2. The Bertz CT molecular complexity index is 1050. The summed E-state index contributed by atoms with van der Waals surface area (Å²) < 4.78 is 18.8. The summed E-state index contributed by atoms with van der Waals surface area (Å²) in [5.41, 5.74) is 3.21. The first-order valence-corrected chi connectivity index (χ1v) is 10.7. The molecule has 2 aromatic carbocycles. The van der Waals surface area contributed by atoms with Crippen molar-refractivity contribution in [3.8, 4) is 17.2 Å². The van der Waals surface area contributed by atoms with Gasteiger partial charge in [0, 0.05) is 30.7 Å². The maximum Gasteiger partial charge on any atom is 0.174 e. The van der Waals surface area contributed by atoms with E-state index in [2.05, 4.69) is 39.2 Å². The summed E-state index contributed by atoms with van der Waals surface area (Å²) in [5.74, 6) is 2.26. The van der Waals surface area contributed by atoms with Crippen LogP contribution in [-0.2, 0) is 6.54 Å². The van der Waals surface area contributed by atoms with Gasteiger partial charge in [0.15, 0.2) is 16.6 Å². The maximum absolute atomic E-state index is 5.85. The number of hydrogen-bond donors (Lipinski definition) is 1. The van der Waals surface area contributed by atoms with Crippen molar-refractivity contribution >= 4 is 23.0 Å². The molecule has 1 N–H and O–H groups in total. The highest BCUT2D eigenvalue weighted by Crippen LogP contribution is 2.37. The van der Waals surface area contributed by atoms with E-state index in [0.717, 1.165) is 30.1 Å². The Morgan fingerprint density at radius 1 is 1.03 bits per heavy atom. The van der Waals surface area contributed by atoms with Crippen LogP contribution in [0.5, 0.6) is 17.2 Å². The van der Waals surface area contributed by atoms with E-state index in [1.165, 1.54) is 5.69 Å². The summed E-state index contributed by atoms with van der Waals surface area (Å²) in [4.78, 5) is 2.22. The minimum Gasteiger partial charge on any atom is -0.494 e. The third-order valence-corrected chi connectivity index (χ3v) is 5.78. The number of hydrogen-bond acceptors (Lipinski definition) is 4. The molecule has 3 aromatic rings. The number of thiocarbonyl (C=S) groups is 1. The van der Waals surface area contributed by atoms with Gasteiger partial charge in [-0.2, -0.15) is 0 Å². The Labute approximate surface area is 188 Å². The fourth-order valence-corrected chi connectivity index (χ4v) is 4.29. The quantitative estimate of drug-likeness (QED) is 0.564. The van der Waals surface area contributed by atoms with Gasteiger partial charge in [-0.3, -0.25) is 0 Å². The molecular formula is C24H27N3O3S. The minimum absolute atomic E-state index is 0.0359. The van der Waals surface area contributed by atoms with Gasteiger partial charge in [-0.25, -0.2) is 0 Å². The summed E-state index contributed by atoms with van der Waals surface area (Å²) in [7, 11) is 3.30. The highest BCUT2D eigenvalue weighted by atomic mass is 32.1. The van der Waals surface area contributed by atoms with Crippen LogP contribution in [0.15, 0.2) is 60.8 Å². The molecule has 0 fully saturated rings. The number of nitrogens with zero attached hydrogens (tertiary/aromatic N) is 2. The average molecular weight is 438 g/mol. The molecular weight excluding hydrogens is 410 g/mol. The fourth-order valence-electron chi connectivity index (χ4n) is 3.97. The molecule has 4 rings (SSSR count). The molecule has 1 atom stereocenters. The number of anilines is 1. The van der Waals surface area contributed by atoms with Crippen LogP contribution in [-0.4, -0.2) is 42.0 Å². The van der Waals surface area contributed by atoms with Crippen LogP contribution in [0, 0.1) is 0 Å². The molecule has 7 heteroatoms. The van der Waals surface area contributed by atoms with Crippen LogP contribution < -0.4 is 19.5 Å². The molecule has 0 bridgehead atoms. The number of rotatable bonds is 6. The molecule has 0 saturated carbocycles. The third-order valence-electron chi connectivity index (χ3n) is 5.44. The number of ether oxygens (including phenoxy) is 3. The zero-order valence-electron chi connectivity index (χ0n) is 18.0. The van der Waals surface area contributed by atoms with Gasteiger partial charge in [0.05, 0.1) is 26.9 Å². The molecule has 0 saturated heterocycles. The molecule has 0 aliphatic carbocycles. The smallest absolute Gasteiger partial charge is 0.174 e. The summed E-state index contributed by atoms with van der Waals surface area (Å²) in [5, 5.41) is 4.07. The van der Waals surface area contributed by atoms with Gasteiger partial charge in [-0.15, -0.1) is 0 Å². The number of aromatic nitrogens is 1. The first-order valence-electron chi connectivity index (χ1n) is 10.3. The van der Waals surface area contributed by atoms with E-state index in [1.807, 2.05) is 43.3 Å². The van der Waals surface area contributed by atoms with E-state index >= 15 is 0 Å². The zero-order chi connectivity index (χ0) is 21.8. The van der Waals surface area contributed by atoms with E-state index in [9.17, 15) is 0 Å². The molecule has 6 nitrogen and oxygen atoms in total. The largest absolute Gasteiger partial charge is 0.494 e. The van der Waals surface area contributed by atoms with Crippen molar-refractivity contribution in [1.82, 2.24) is 9.47 Å². The van der Waals surface area contributed by atoms with Crippen molar-refractivity contribution < 1.29 is 14.2 Å². The molecule has 0 spiro atoms. The van der Waals surface area contributed by atoms with Crippen LogP contribution in [0.2, 0.25) is 0 Å². The topological polar surface area (TPSA) is 47.9 Å². The summed E-state index contributed by atoms with van der Waals surface area (Å²) in [6.07, 6.45) is 2.11. The second-order valence-electron chi connectivity index (χ2n) is 7.22. The first-order chi connectivity index (χ1) is 15.1. The van der Waals surface area contributed by atoms with Gasteiger partial charge in [0.1, 0.15) is 5.75 Å². The third kappa shape index (κ3) is 4.32. The number of fused-ring (bicyclic) bond motifs is 1. The van der Waals surface area contributed by atoms with Gasteiger partial charge >= 0.3 is 0 Å². The van der Waals surface area contributed by atoms with Crippen molar-refractivity contribution in [2.45, 2.75) is 19.5 Å². The van der Waals surface area contributed by atoms with Crippen LogP contribution in [0.4, 0.5) is 5.69 Å². The summed E-state index contributed by atoms with van der Waals surface area (Å²) >= 11 is 5.85. The Kier molecular flexibility index (Phi) is 6.32. The van der Waals surface area contributed by atoms with Crippen molar-refractivity contribution in [2.24, 2.45) is 0 Å². The lowest BCUT2D eigenvalue weighted by molar-refractivity contribution is 0.291. The minimum atomic E-state index is -0.0359. The van der Waals surface area contributed by atoms with E-state index in [4.69, 9.17) is 26.4 Å². The van der Waals surface area contributed by atoms with Crippen LogP contribution >= 0.6 is 12.2 Å². The lowest BCUT2D eigenvalue weighted by Crippen LogP contribution is -2.44.